The Morgan fingerprint density at radius 3 is 2.89 bits per heavy atom. The Balaban J connectivity index is 1.21. The molecule has 1 aromatic rings. The van der Waals surface area contributed by atoms with Gasteiger partial charge >= 0.3 is 5.97 Å². The van der Waals surface area contributed by atoms with Crippen molar-refractivity contribution in [1.82, 2.24) is 40.6 Å². The number of tetrazole rings is 1. The highest BCUT2D eigenvalue weighted by atomic mass is 32.2. The van der Waals surface area contributed by atoms with Gasteiger partial charge in [-0.05, 0) is 36.7 Å². The number of aromatic nitrogens is 4. The molecule has 0 aliphatic carbocycles. The monoisotopic (exact) mass is 519 g/mol. The van der Waals surface area contributed by atoms with Crippen molar-refractivity contribution >= 4 is 29.5 Å². The summed E-state index contributed by atoms with van der Waals surface area (Å²) in [5.74, 6) is -2.27. The lowest BCUT2D eigenvalue weighted by Crippen LogP contribution is -2.66. The molecule has 5 heterocycles. The molecule has 4 aliphatic heterocycles. The molecule has 0 bridgehead atoms. The van der Waals surface area contributed by atoms with Crippen LogP contribution in [0.4, 0.5) is 0 Å². The summed E-state index contributed by atoms with van der Waals surface area (Å²) in [6.07, 6.45) is 3.31. The number of carboxylic acid groups (broad SMARTS) is 1. The molecule has 7 atom stereocenters. The van der Waals surface area contributed by atoms with Crippen molar-refractivity contribution < 1.29 is 19.5 Å². The van der Waals surface area contributed by atoms with Crippen LogP contribution in [0.1, 0.15) is 26.7 Å². The van der Waals surface area contributed by atoms with E-state index in [0.717, 1.165) is 43.9 Å². The van der Waals surface area contributed by atoms with Crippen molar-refractivity contribution in [2.75, 3.05) is 26.2 Å². The standard InChI is InChI=1S/C22H33N9O4S/c1-11-18-17(12(2)26-16(32)9-30-10-25-27-28-30)21(33)31(18)19(22(34)35)20(11)36-15-5-14(24-6-15)8-29-4-3-13(23)7-29/h10-15,17-18,24H,3-9,23H2,1-2H3,(H,26,32)(H,34,35)/t11-,12-,13-,14?,15+,17-,18-/m1/s1. The molecule has 196 valence electrons. The minimum atomic E-state index is -1.08. The van der Waals surface area contributed by atoms with Crippen LogP contribution >= 0.6 is 11.8 Å². The van der Waals surface area contributed by atoms with Crippen LogP contribution in [-0.2, 0) is 20.9 Å². The molecule has 5 N–H and O–H groups in total. The number of aliphatic carboxylic acids is 1. The molecule has 0 spiro atoms. The van der Waals surface area contributed by atoms with Crippen molar-refractivity contribution in [1.29, 1.82) is 0 Å². The Morgan fingerprint density at radius 1 is 1.42 bits per heavy atom. The molecular formula is C22H33N9O4S. The zero-order valence-corrected chi connectivity index (χ0v) is 21.2. The van der Waals surface area contributed by atoms with Crippen LogP contribution in [0, 0.1) is 11.8 Å². The second-order valence-corrected chi connectivity index (χ2v) is 11.6. The van der Waals surface area contributed by atoms with Crippen molar-refractivity contribution in [3.63, 3.8) is 0 Å². The first-order valence-corrected chi connectivity index (χ1v) is 13.3. The first-order valence-electron chi connectivity index (χ1n) is 12.4. The minimum absolute atomic E-state index is 0.0544. The Kier molecular flexibility index (Phi) is 7.03. The van der Waals surface area contributed by atoms with Crippen molar-refractivity contribution in [3.8, 4) is 0 Å². The third kappa shape index (κ3) is 4.74. The third-order valence-electron chi connectivity index (χ3n) is 7.68. The number of carboxylic acids is 1. The molecule has 13 nitrogen and oxygen atoms in total. The zero-order chi connectivity index (χ0) is 25.6. The molecule has 1 unspecified atom stereocenters. The van der Waals surface area contributed by atoms with E-state index in [-0.39, 0.29) is 47.3 Å². The summed E-state index contributed by atoms with van der Waals surface area (Å²) in [6.45, 7) is 7.40. The van der Waals surface area contributed by atoms with Gasteiger partial charge in [0.1, 0.15) is 18.6 Å². The average Bonchev–Trinajstić information content (AvgIpc) is 3.59. The Hall–Kier alpha value is -2.55. The highest BCUT2D eigenvalue weighted by molar-refractivity contribution is 8.03. The van der Waals surface area contributed by atoms with Crippen LogP contribution in [0.15, 0.2) is 16.9 Å². The number of fused-ring (bicyclic) bond motifs is 1. The van der Waals surface area contributed by atoms with Crippen LogP contribution in [0.3, 0.4) is 0 Å². The van der Waals surface area contributed by atoms with Gasteiger partial charge < -0.3 is 31.3 Å². The number of hydrogen-bond acceptors (Lipinski definition) is 10. The van der Waals surface area contributed by atoms with Crippen molar-refractivity contribution in [3.05, 3.63) is 16.9 Å². The lowest BCUT2D eigenvalue weighted by atomic mass is 9.78. The Labute approximate surface area is 213 Å². The third-order valence-corrected chi connectivity index (χ3v) is 9.19. The van der Waals surface area contributed by atoms with E-state index in [1.807, 2.05) is 6.92 Å². The van der Waals surface area contributed by atoms with Gasteiger partial charge in [-0.15, -0.1) is 16.9 Å². The molecule has 0 radical (unpaired) electrons. The van der Waals surface area contributed by atoms with Gasteiger partial charge in [0.2, 0.25) is 11.8 Å². The van der Waals surface area contributed by atoms with Crippen LogP contribution in [0.25, 0.3) is 0 Å². The number of likely N-dealkylation sites (tertiary alicyclic amines) is 1. The summed E-state index contributed by atoms with van der Waals surface area (Å²) in [7, 11) is 0. The van der Waals surface area contributed by atoms with E-state index < -0.39 is 17.9 Å². The van der Waals surface area contributed by atoms with E-state index in [0.29, 0.717) is 6.04 Å². The highest BCUT2D eigenvalue weighted by Crippen LogP contribution is 2.51. The number of nitrogens with two attached hydrogens (primary N) is 1. The fraction of sp³-hybridized carbons (Fsp3) is 0.727. The van der Waals surface area contributed by atoms with E-state index in [1.54, 1.807) is 18.7 Å². The summed E-state index contributed by atoms with van der Waals surface area (Å²) in [6, 6.07) is -0.138. The molecule has 1 aromatic heterocycles. The van der Waals surface area contributed by atoms with Gasteiger partial charge in [-0.2, -0.15) is 0 Å². The quantitative estimate of drug-likeness (QED) is 0.278. The summed E-state index contributed by atoms with van der Waals surface area (Å²) in [5.41, 5.74) is 6.13. The van der Waals surface area contributed by atoms with Gasteiger partial charge in [-0.3, -0.25) is 9.59 Å². The number of β-lactam (4-membered cyclic amide) rings is 1. The van der Waals surface area contributed by atoms with Crippen LogP contribution < -0.4 is 16.4 Å². The Bertz CT molecular complexity index is 1050. The molecule has 3 saturated heterocycles. The molecule has 4 aliphatic rings. The van der Waals surface area contributed by atoms with Gasteiger partial charge in [0.15, 0.2) is 0 Å². The normalized spacial score (nSPS) is 33.1. The van der Waals surface area contributed by atoms with Crippen LogP contribution in [0.5, 0.6) is 0 Å². The van der Waals surface area contributed by atoms with Crippen molar-refractivity contribution in [2.45, 2.75) is 62.7 Å². The second kappa shape index (κ2) is 10.1. The smallest absolute Gasteiger partial charge is 0.353 e. The molecular weight excluding hydrogens is 486 g/mol. The largest absolute Gasteiger partial charge is 0.477 e. The highest BCUT2D eigenvalue weighted by Gasteiger charge is 2.60. The Morgan fingerprint density at radius 2 is 2.22 bits per heavy atom. The van der Waals surface area contributed by atoms with E-state index in [4.69, 9.17) is 5.73 Å². The van der Waals surface area contributed by atoms with Gasteiger partial charge in [0.05, 0.1) is 12.0 Å². The van der Waals surface area contributed by atoms with Gasteiger partial charge in [-0.1, -0.05) is 6.92 Å². The van der Waals surface area contributed by atoms with Gasteiger partial charge in [-0.25, -0.2) is 9.48 Å². The molecule has 36 heavy (non-hydrogen) atoms. The van der Waals surface area contributed by atoms with Gasteiger partial charge in [0.25, 0.3) is 0 Å². The molecule has 0 aromatic carbocycles. The predicted octanol–water partition coefficient (Wildman–Crippen LogP) is -1.55. The summed E-state index contributed by atoms with van der Waals surface area (Å²) < 4.78 is 1.30. The zero-order valence-electron chi connectivity index (χ0n) is 20.4. The topological polar surface area (TPSA) is 172 Å². The van der Waals surface area contributed by atoms with E-state index >= 15 is 0 Å². The molecule has 14 heteroatoms. The van der Waals surface area contributed by atoms with Crippen LogP contribution in [0.2, 0.25) is 0 Å². The number of nitrogens with zero attached hydrogens (tertiary/aromatic N) is 6. The first kappa shape index (κ1) is 25.1. The number of thioether (sulfide) groups is 1. The SMILES string of the molecule is C[C@@H](NC(=O)Cn1cnnn1)[C@H]1C(=O)N2C(C(=O)O)=C(S[C@@H]3CNC(CN4CC[C@@H](N)C4)C3)[C@H](C)[C@H]12. The maximum absolute atomic E-state index is 13.1. The molecule has 3 fully saturated rings. The number of hydrogen-bond donors (Lipinski definition) is 4. The van der Waals surface area contributed by atoms with E-state index in [2.05, 4.69) is 31.1 Å². The van der Waals surface area contributed by atoms with Crippen molar-refractivity contribution in [2.24, 2.45) is 17.6 Å². The second-order valence-electron chi connectivity index (χ2n) is 10.3. The lowest BCUT2D eigenvalue weighted by molar-refractivity contribution is -0.158. The maximum Gasteiger partial charge on any atom is 0.353 e. The summed E-state index contributed by atoms with van der Waals surface area (Å²) >= 11 is 1.59. The average molecular weight is 520 g/mol. The lowest BCUT2D eigenvalue weighted by Gasteiger charge is -2.47. The number of amides is 2. The maximum atomic E-state index is 13.1. The number of carbonyl (C=O) groups is 3. The molecule has 5 rings (SSSR count). The fourth-order valence-electron chi connectivity index (χ4n) is 6.02. The molecule has 2 amide bonds. The van der Waals surface area contributed by atoms with Crippen LogP contribution in [-0.4, -0.2) is 108 Å². The predicted molar refractivity (Wildman–Crippen MR) is 130 cm³/mol. The van der Waals surface area contributed by atoms with Gasteiger partial charge in [0, 0.05) is 53.8 Å². The number of nitrogens with one attached hydrogen (secondary N) is 2. The summed E-state index contributed by atoms with van der Waals surface area (Å²) in [5, 5.41) is 27.4. The minimum Gasteiger partial charge on any atom is -0.477 e. The first-order chi connectivity index (χ1) is 17.2. The number of rotatable bonds is 9. The van der Waals surface area contributed by atoms with E-state index in [9.17, 15) is 19.5 Å². The number of carbonyl (C=O) groups excluding carboxylic acids is 2. The molecule has 0 saturated carbocycles. The van der Waals surface area contributed by atoms with E-state index in [1.165, 1.54) is 15.9 Å². The fourth-order valence-corrected chi connectivity index (χ4v) is 7.54. The summed E-state index contributed by atoms with van der Waals surface area (Å²) in [4.78, 5) is 42.3.